The summed E-state index contributed by atoms with van der Waals surface area (Å²) in [5, 5.41) is 11.1. The third-order valence-electron chi connectivity index (χ3n) is 5.69. The van der Waals surface area contributed by atoms with Gasteiger partial charge < -0.3 is 19.5 Å². The minimum absolute atomic E-state index is 0.0128. The van der Waals surface area contributed by atoms with Crippen LogP contribution in [-0.2, 0) is 20.9 Å². The summed E-state index contributed by atoms with van der Waals surface area (Å²) in [6.07, 6.45) is 3.15. The molecule has 0 spiro atoms. The van der Waals surface area contributed by atoms with Gasteiger partial charge in [0, 0.05) is 24.5 Å². The van der Waals surface area contributed by atoms with Gasteiger partial charge in [0.15, 0.2) is 11.6 Å². The Balaban J connectivity index is 1.85. The topological polar surface area (TPSA) is 106 Å². The molecule has 1 aliphatic heterocycles. The molecule has 1 N–H and O–H groups in total. The summed E-state index contributed by atoms with van der Waals surface area (Å²) < 4.78 is 24.0. The fourth-order valence-corrected chi connectivity index (χ4v) is 3.97. The first-order valence-corrected chi connectivity index (χ1v) is 10.5. The molecule has 2 heterocycles. The van der Waals surface area contributed by atoms with E-state index in [2.05, 4.69) is 4.98 Å². The van der Waals surface area contributed by atoms with Crippen LogP contribution in [0.15, 0.2) is 72.6 Å². The van der Waals surface area contributed by atoms with Crippen molar-refractivity contribution in [3.05, 3.63) is 101 Å². The fourth-order valence-electron chi connectivity index (χ4n) is 3.97. The molecule has 35 heavy (non-hydrogen) atoms. The molecule has 0 unspecified atom stereocenters. The van der Waals surface area contributed by atoms with Crippen LogP contribution in [0.3, 0.4) is 0 Å². The second-order valence-corrected chi connectivity index (χ2v) is 7.75. The van der Waals surface area contributed by atoms with Crippen molar-refractivity contribution in [2.45, 2.75) is 12.6 Å². The smallest absolute Gasteiger partial charge is 0.337 e. The molecule has 1 atom stereocenters. The number of carbonyl (C=O) groups is 3. The Labute approximate surface area is 200 Å². The minimum Gasteiger partial charge on any atom is -0.507 e. The van der Waals surface area contributed by atoms with Crippen molar-refractivity contribution in [3.63, 3.8) is 0 Å². The third kappa shape index (κ3) is 4.48. The van der Waals surface area contributed by atoms with E-state index in [4.69, 9.17) is 9.47 Å². The van der Waals surface area contributed by atoms with E-state index in [0.29, 0.717) is 11.1 Å². The molecule has 3 aromatic rings. The summed E-state index contributed by atoms with van der Waals surface area (Å²) in [4.78, 5) is 43.4. The number of methoxy groups -OCH3 is 2. The van der Waals surface area contributed by atoms with E-state index < -0.39 is 35.3 Å². The number of ether oxygens (including phenoxy) is 2. The number of hydrogen-bond donors (Lipinski definition) is 1. The molecule has 178 valence electrons. The second kappa shape index (κ2) is 9.76. The number of esters is 1. The molecule has 4 rings (SSSR count). The molecule has 0 saturated carbocycles. The number of rotatable bonds is 6. The highest BCUT2D eigenvalue weighted by molar-refractivity contribution is 6.46. The maximum Gasteiger partial charge on any atom is 0.337 e. The highest BCUT2D eigenvalue weighted by atomic mass is 19.1. The van der Waals surface area contributed by atoms with Crippen LogP contribution >= 0.6 is 0 Å². The number of likely N-dealkylation sites (tertiary alicyclic amines) is 1. The van der Waals surface area contributed by atoms with E-state index in [1.807, 2.05) is 0 Å². The number of amides is 1. The van der Waals surface area contributed by atoms with Gasteiger partial charge in [0.25, 0.3) is 11.7 Å². The first-order chi connectivity index (χ1) is 16.8. The minimum atomic E-state index is -0.993. The first kappa shape index (κ1) is 23.6. The van der Waals surface area contributed by atoms with E-state index in [-0.39, 0.29) is 29.0 Å². The summed E-state index contributed by atoms with van der Waals surface area (Å²) in [7, 11) is 2.56. The highest BCUT2D eigenvalue weighted by Gasteiger charge is 2.46. The number of aliphatic hydroxyl groups is 1. The van der Waals surface area contributed by atoms with Crippen molar-refractivity contribution in [1.29, 1.82) is 0 Å². The predicted octanol–water partition coefficient (Wildman–Crippen LogP) is 3.64. The van der Waals surface area contributed by atoms with E-state index in [0.717, 1.165) is 6.07 Å². The number of aromatic nitrogens is 1. The van der Waals surface area contributed by atoms with Gasteiger partial charge in [-0.05, 0) is 47.5 Å². The number of benzene rings is 2. The molecule has 1 fully saturated rings. The maximum absolute atomic E-state index is 14.3. The van der Waals surface area contributed by atoms with Crippen molar-refractivity contribution in [2.24, 2.45) is 0 Å². The molecule has 0 bridgehead atoms. The van der Waals surface area contributed by atoms with Crippen molar-refractivity contribution >= 4 is 23.4 Å². The van der Waals surface area contributed by atoms with Crippen LogP contribution in [-0.4, -0.2) is 46.9 Å². The number of nitrogens with zero attached hydrogens (tertiary/aromatic N) is 2. The number of hydrogen-bond acceptors (Lipinski definition) is 7. The van der Waals surface area contributed by atoms with Gasteiger partial charge in [0.05, 0.1) is 31.4 Å². The Hall–Kier alpha value is -4.53. The van der Waals surface area contributed by atoms with Crippen LogP contribution < -0.4 is 4.74 Å². The largest absolute Gasteiger partial charge is 0.507 e. The normalized spacial score (nSPS) is 16.9. The number of carbonyl (C=O) groups excluding carboxylic acids is 3. The van der Waals surface area contributed by atoms with Crippen LogP contribution in [0, 0.1) is 5.82 Å². The van der Waals surface area contributed by atoms with Gasteiger partial charge in [-0.1, -0.05) is 18.2 Å². The number of ketones is 1. The third-order valence-corrected chi connectivity index (χ3v) is 5.69. The number of aliphatic hydroxyl groups excluding tert-OH is 1. The molecule has 0 radical (unpaired) electrons. The monoisotopic (exact) mass is 476 g/mol. The van der Waals surface area contributed by atoms with Crippen LogP contribution in [0.1, 0.15) is 33.1 Å². The SMILES string of the molecule is COC(=O)c1ccc([C@@H]2C(=C(O)c3ccc(OC)c(F)c3)C(=O)C(=O)N2Cc2cccnc2)cc1. The average Bonchev–Trinajstić information content (AvgIpc) is 3.13. The predicted molar refractivity (Wildman–Crippen MR) is 123 cm³/mol. The summed E-state index contributed by atoms with van der Waals surface area (Å²) in [6, 6.07) is 12.3. The zero-order valence-electron chi connectivity index (χ0n) is 18.9. The Morgan fingerprint density at radius 3 is 2.40 bits per heavy atom. The molecule has 1 aromatic heterocycles. The first-order valence-electron chi connectivity index (χ1n) is 10.5. The molecular formula is C26H21FN2O6. The van der Waals surface area contributed by atoms with Gasteiger partial charge in [-0.3, -0.25) is 14.6 Å². The van der Waals surface area contributed by atoms with Crippen molar-refractivity contribution in [2.75, 3.05) is 14.2 Å². The lowest BCUT2D eigenvalue weighted by Gasteiger charge is -2.25. The molecule has 8 nitrogen and oxygen atoms in total. The zero-order chi connectivity index (χ0) is 25.1. The Morgan fingerprint density at radius 2 is 1.80 bits per heavy atom. The van der Waals surface area contributed by atoms with E-state index >= 15 is 0 Å². The van der Waals surface area contributed by atoms with Crippen molar-refractivity contribution in [3.8, 4) is 5.75 Å². The molecule has 2 aromatic carbocycles. The number of halogens is 1. The molecular weight excluding hydrogens is 455 g/mol. The molecule has 1 aliphatic rings. The number of Topliss-reactive ketones (excluding diaryl/α,β-unsaturated/α-hetero) is 1. The second-order valence-electron chi connectivity index (χ2n) is 7.75. The average molecular weight is 476 g/mol. The summed E-state index contributed by atoms with van der Waals surface area (Å²) >= 11 is 0. The van der Waals surface area contributed by atoms with E-state index in [9.17, 15) is 23.9 Å². The zero-order valence-corrected chi connectivity index (χ0v) is 18.9. The lowest BCUT2D eigenvalue weighted by molar-refractivity contribution is -0.140. The van der Waals surface area contributed by atoms with Crippen molar-refractivity contribution < 1.29 is 33.4 Å². The van der Waals surface area contributed by atoms with E-state index in [1.165, 1.54) is 43.4 Å². The lowest BCUT2D eigenvalue weighted by Crippen LogP contribution is -2.29. The lowest BCUT2D eigenvalue weighted by atomic mass is 9.94. The highest BCUT2D eigenvalue weighted by Crippen LogP contribution is 2.40. The Kier molecular flexibility index (Phi) is 6.59. The Bertz CT molecular complexity index is 1320. The van der Waals surface area contributed by atoms with Gasteiger partial charge in [-0.15, -0.1) is 0 Å². The Morgan fingerprint density at radius 1 is 1.09 bits per heavy atom. The number of pyridine rings is 1. The van der Waals surface area contributed by atoms with Gasteiger partial charge in [0.1, 0.15) is 5.76 Å². The quantitative estimate of drug-likeness (QED) is 0.251. The molecule has 9 heteroatoms. The van der Waals surface area contributed by atoms with Crippen LogP contribution in [0.4, 0.5) is 4.39 Å². The van der Waals surface area contributed by atoms with Gasteiger partial charge in [0.2, 0.25) is 0 Å². The van der Waals surface area contributed by atoms with Gasteiger partial charge in [-0.25, -0.2) is 9.18 Å². The van der Waals surface area contributed by atoms with Crippen molar-refractivity contribution in [1.82, 2.24) is 9.88 Å². The molecule has 1 saturated heterocycles. The van der Waals surface area contributed by atoms with Gasteiger partial charge in [-0.2, -0.15) is 0 Å². The van der Waals surface area contributed by atoms with Crippen LogP contribution in [0.25, 0.3) is 5.76 Å². The van der Waals surface area contributed by atoms with Gasteiger partial charge >= 0.3 is 5.97 Å². The van der Waals surface area contributed by atoms with Crippen LogP contribution in [0.2, 0.25) is 0 Å². The van der Waals surface area contributed by atoms with Crippen LogP contribution in [0.5, 0.6) is 5.75 Å². The molecule has 1 amide bonds. The summed E-state index contributed by atoms with van der Waals surface area (Å²) in [5.74, 6) is -3.58. The summed E-state index contributed by atoms with van der Waals surface area (Å²) in [5.41, 5.74) is 1.23. The maximum atomic E-state index is 14.3. The molecule has 0 aliphatic carbocycles. The van der Waals surface area contributed by atoms with E-state index in [1.54, 1.807) is 36.7 Å². The standard InChI is InChI=1S/C26H21FN2O6/c1-34-20-10-9-18(12-19(20)27)23(30)21-22(16-5-7-17(8-6-16)26(33)35-2)29(25(32)24(21)31)14-15-4-3-11-28-13-15/h3-13,22,30H,14H2,1-2H3/t22-/m1/s1. The fraction of sp³-hybridized carbons (Fsp3) is 0.154. The summed E-state index contributed by atoms with van der Waals surface area (Å²) in [6.45, 7) is 0.0373.